The number of anilines is 2. The van der Waals surface area contributed by atoms with Crippen LogP contribution in [0.1, 0.15) is 62.9 Å². The van der Waals surface area contributed by atoms with Crippen molar-refractivity contribution in [3.05, 3.63) is 35.5 Å². The molecule has 42 heavy (non-hydrogen) atoms. The first-order valence-corrected chi connectivity index (χ1v) is 14.8. The number of likely N-dealkylation sites (N-methyl/N-ethyl adjacent to an activating group) is 1. The average Bonchev–Trinajstić information content (AvgIpc) is 3.79. The first-order valence-electron chi connectivity index (χ1n) is 14.8. The van der Waals surface area contributed by atoms with Crippen LogP contribution in [0.25, 0.3) is 0 Å². The van der Waals surface area contributed by atoms with Crippen LogP contribution in [0.3, 0.4) is 0 Å². The number of rotatable bonds is 11. The first-order chi connectivity index (χ1) is 20.1. The molecule has 1 saturated heterocycles. The van der Waals surface area contributed by atoms with E-state index in [4.69, 9.17) is 11.5 Å². The Labute approximate surface area is 246 Å². The van der Waals surface area contributed by atoms with Gasteiger partial charge in [-0.15, -0.1) is 0 Å². The molecule has 4 rings (SSSR count). The van der Waals surface area contributed by atoms with Gasteiger partial charge in [0.25, 0.3) is 11.8 Å². The van der Waals surface area contributed by atoms with E-state index in [9.17, 15) is 19.1 Å². The molecular weight excluding hydrogens is 541 g/mol. The molecule has 0 spiro atoms. The van der Waals surface area contributed by atoms with Gasteiger partial charge in [-0.2, -0.15) is 4.99 Å². The van der Waals surface area contributed by atoms with Crippen LogP contribution in [0.15, 0.2) is 34.8 Å². The zero-order valence-electron chi connectivity index (χ0n) is 24.8. The fourth-order valence-electron chi connectivity index (χ4n) is 5.10. The van der Waals surface area contributed by atoms with Gasteiger partial charge in [0, 0.05) is 51.2 Å². The smallest absolute Gasteiger partial charge is 0.273 e. The Hall–Kier alpha value is -3.74. The number of halogens is 1. The number of carbonyl (C=O) groups is 2. The summed E-state index contributed by atoms with van der Waals surface area (Å²) < 4.78 is 13.8. The summed E-state index contributed by atoms with van der Waals surface area (Å²) >= 11 is 0. The molecule has 12 nitrogen and oxygen atoms in total. The fourth-order valence-corrected chi connectivity index (χ4v) is 5.10. The van der Waals surface area contributed by atoms with Crippen molar-refractivity contribution in [2.75, 3.05) is 50.4 Å². The van der Waals surface area contributed by atoms with E-state index in [0.717, 1.165) is 45.2 Å². The van der Waals surface area contributed by atoms with Crippen LogP contribution < -0.4 is 21.7 Å². The third-order valence-electron chi connectivity index (χ3n) is 8.24. The number of amides is 2. The molecule has 1 aliphatic carbocycles. The van der Waals surface area contributed by atoms with E-state index in [1.807, 2.05) is 0 Å². The number of alkyl halides is 1. The largest absolute Gasteiger partial charge is 0.493 e. The lowest BCUT2D eigenvalue weighted by molar-refractivity contribution is -0.128. The Morgan fingerprint density at radius 2 is 1.93 bits per heavy atom. The zero-order chi connectivity index (χ0) is 30.4. The van der Waals surface area contributed by atoms with Crippen molar-refractivity contribution in [3.63, 3.8) is 0 Å². The quantitative estimate of drug-likeness (QED) is 0.285. The van der Waals surface area contributed by atoms with Crippen LogP contribution in [-0.4, -0.2) is 101 Å². The van der Waals surface area contributed by atoms with Crippen molar-refractivity contribution in [1.82, 2.24) is 25.1 Å². The number of piperidine rings is 1. The maximum absolute atomic E-state index is 13.8. The second-order valence-electron chi connectivity index (χ2n) is 11.5. The second-order valence-corrected chi connectivity index (χ2v) is 11.5. The summed E-state index contributed by atoms with van der Waals surface area (Å²) in [6.45, 7) is 7.63. The van der Waals surface area contributed by atoms with Gasteiger partial charge in [-0.3, -0.25) is 9.59 Å². The molecule has 13 heteroatoms. The van der Waals surface area contributed by atoms with E-state index in [0.29, 0.717) is 31.4 Å². The number of hydrogen-bond acceptors (Lipinski definition) is 10. The first kappa shape index (κ1) is 31.2. The van der Waals surface area contributed by atoms with Crippen LogP contribution in [0.2, 0.25) is 0 Å². The number of amidine groups is 1. The lowest BCUT2D eigenvalue weighted by Crippen LogP contribution is -2.48. The van der Waals surface area contributed by atoms with E-state index < -0.39 is 12.1 Å². The molecule has 230 valence electrons. The van der Waals surface area contributed by atoms with Gasteiger partial charge in [-0.05, 0) is 44.7 Å². The molecule has 0 aromatic carbocycles. The van der Waals surface area contributed by atoms with E-state index in [-0.39, 0.29) is 53.2 Å². The summed E-state index contributed by atoms with van der Waals surface area (Å²) in [4.78, 5) is 44.4. The monoisotopic (exact) mass is 585 g/mol. The van der Waals surface area contributed by atoms with Gasteiger partial charge in [0.15, 0.2) is 17.7 Å². The molecule has 2 atom stereocenters. The number of nitrogens with zero attached hydrogens (tertiary/aromatic N) is 6. The molecule has 2 amide bonds. The Balaban J connectivity index is 1.34. The highest BCUT2D eigenvalue weighted by molar-refractivity contribution is 5.97. The van der Waals surface area contributed by atoms with Gasteiger partial charge in [-0.25, -0.2) is 14.4 Å². The SMILES string of the molecule is CCC(C)CN(CCN(C)C1CCN(C(=O)/C2=C(O)/N=C(/N)C(F)C=CC2)CC1)c1cnc(C(=O)NC2CC2)c(N)n1. The number of aliphatic hydroxyl groups is 1. The van der Waals surface area contributed by atoms with Crippen LogP contribution in [0.5, 0.6) is 0 Å². The number of aromatic nitrogens is 2. The topological polar surface area (TPSA) is 166 Å². The van der Waals surface area contributed by atoms with E-state index in [1.54, 1.807) is 11.1 Å². The molecule has 6 N–H and O–H groups in total. The molecule has 0 radical (unpaired) electrons. The third-order valence-corrected chi connectivity index (χ3v) is 8.24. The van der Waals surface area contributed by atoms with Gasteiger partial charge in [-0.1, -0.05) is 26.3 Å². The van der Waals surface area contributed by atoms with Crippen molar-refractivity contribution in [2.24, 2.45) is 16.6 Å². The molecule has 2 unspecified atom stereocenters. The molecule has 1 saturated carbocycles. The van der Waals surface area contributed by atoms with E-state index in [1.165, 1.54) is 12.2 Å². The van der Waals surface area contributed by atoms with Crippen molar-refractivity contribution >= 4 is 29.3 Å². The van der Waals surface area contributed by atoms with Gasteiger partial charge in [0.1, 0.15) is 11.7 Å². The zero-order valence-corrected chi connectivity index (χ0v) is 24.8. The Bertz CT molecular complexity index is 1220. The van der Waals surface area contributed by atoms with Gasteiger partial charge >= 0.3 is 0 Å². The average molecular weight is 586 g/mol. The number of carbonyl (C=O) groups excluding carboxylic acids is 2. The molecule has 3 aliphatic rings. The third kappa shape index (κ3) is 7.96. The summed E-state index contributed by atoms with van der Waals surface area (Å²) in [7, 11) is 2.08. The molecule has 3 heterocycles. The van der Waals surface area contributed by atoms with E-state index in [2.05, 4.69) is 51.0 Å². The number of aliphatic hydroxyl groups excluding tert-OH is 1. The standard InChI is InChI=1S/C29H44FN9O3/c1-4-18(2)17-39(23-16-33-24(26(32)35-23)28(41)34-19-8-9-19)15-14-37(3)20-10-12-38(13-11-20)29(42)21-6-5-7-22(30)25(31)36-27(21)40/h5,7,16,18-20,22,40H,4,6,8-15,17H2,1-3H3,(H2,31,36)(H2,32,35)(H,34,41)/b7-5?,27-21-. The van der Waals surface area contributed by atoms with Crippen LogP contribution in [-0.2, 0) is 4.79 Å². The van der Waals surface area contributed by atoms with Crippen LogP contribution in [0, 0.1) is 5.92 Å². The van der Waals surface area contributed by atoms with Crippen molar-refractivity contribution in [1.29, 1.82) is 0 Å². The Morgan fingerprint density at radius 1 is 1.21 bits per heavy atom. The minimum Gasteiger partial charge on any atom is -0.493 e. The highest BCUT2D eigenvalue weighted by atomic mass is 19.1. The van der Waals surface area contributed by atoms with Crippen LogP contribution >= 0.6 is 0 Å². The fraction of sp³-hybridized carbons (Fsp3) is 0.621. The number of nitrogens with one attached hydrogen (secondary N) is 1. The summed E-state index contributed by atoms with van der Waals surface area (Å²) in [6.07, 6.45) is 7.39. The highest BCUT2D eigenvalue weighted by Crippen LogP contribution is 2.23. The second kappa shape index (κ2) is 14.0. The maximum Gasteiger partial charge on any atom is 0.273 e. The summed E-state index contributed by atoms with van der Waals surface area (Å²) in [6, 6.07) is 0.479. The molecule has 0 bridgehead atoms. The molecule has 1 aromatic rings. The molecule has 1 aromatic heterocycles. The van der Waals surface area contributed by atoms with Gasteiger partial charge < -0.3 is 36.6 Å². The predicted molar refractivity (Wildman–Crippen MR) is 161 cm³/mol. The highest BCUT2D eigenvalue weighted by Gasteiger charge is 2.30. The van der Waals surface area contributed by atoms with Gasteiger partial charge in [0.2, 0.25) is 5.88 Å². The Kier molecular flexibility index (Phi) is 10.4. The molecule has 2 fully saturated rings. The number of nitrogen functional groups attached to an aromatic ring is 1. The normalized spacial score (nSPS) is 23.6. The lowest BCUT2D eigenvalue weighted by Gasteiger charge is -2.38. The minimum absolute atomic E-state index is 0.0906. The summed E-state index contributed by atoms with van der Waals surface area (Å²) in [5.41, 5.74) is 12.0. The molecular formula is C29H44FN9O3. The lowest BCUT2D eigenvalue weighted by atomic mass is 10.0. The predicted octanol–water partition coefficient (Wildman–Crippen LogP) is 2.15. The number of allylic oxidation sites excluding steroid dienone is 1. The number of nitrogens with two attached hydrogens (primary N) is 2. The number of likely N-dealkylation sites (tertiary alicyclic amines) is 1. The summed E-state index contributed by atoms with van der Waals surface area (Å²) in [5, 5.41) is 13.2. The van der Waals surface area contributed by atoms with E-state index >= 15 is 0 Å². The number of aliphatic imine (C=N–C) groups is 1. The molecule has 2 aliphatic heterocycles. The van der Waals surface area contributed by atoms with Crippen molar-refractivity contribution < 1.29 is 19.1 Å². The maximum atomic E-state index is 13.8. The van der Waals surface area contributed by atoms with Crippen molar-refractivity contribution in [2.45, 2.75) is 70.6 Å². The van der Waals surface area contributed by atoms with Crippen LogP contribution in [0.4, 0.5) is 16.0 Å². The number of hydrogen-bond donors (Lipinski definition) is 4. The minimum atomic E-state index is -1.58. The Morgan fingerprint density at radius 3 is 2.57 bits per heavy atom. The summed E-state index contributed by atoms with van der Waals surface area (Å²) in [5.74, 6) is -0.287. The van der Waals surface area contributed by atoms with Crippen molar-refractivity contribution in [3.8, 4) is 0 Å². The van der Waals surface area contributed by atoms with Gasteiger partial charge in [0.05, 0.1) is 11.8 Å².